The molecule has 0 radical (unpaired) electrons. The highest BCUT2D eigenvalue weighted by molar-refractivity contribution is 9.10. The van der Waals surface area contributed by atoms with Crippen LogP contribution in [0.2, 0.25) is 0 Å². The molecule has 1 aliphatic carbocycles. The van der Waals surface area contributed by atoms with Crippen LogP contribution < -0.4 is 10.6 Å². The number of rotatable bonds is 9. The van der Waals surface area contributed by atoms with Gasteiger partial charge in [0.1, 0.15) is 0 Å². The molecule has 214 valence electrons. The maximum atomic E-state index is 13.2. The first kappa shape index (κ1) is 31.1. The first-order valence-electron chi connectivity index (χ1n) is 12.6. The number of sulfone groups is 1. The molecular weight excluding hydrogens is 599 g/mol. The summed E-state index contributed by atoms with van der Waals surface area (Å²) < 4.78 is 66.1. The molecule has 1 aliphatic rings. The Labute approximate surface area is 235 Å². The molecule has 3 atom stereocenters. The predicted molar refractivity (Wildman–Crippen MR) is 146 cm³/mol. The van der Waals surface area contributed by atoms with Crippen molar-refractivity contribution in [3.05, 3.63) is 64.1 Å². The number of nitrogens with zero attached hydrogens (tertiary/aromatic N) is 1. The van der Waals surface area contributed by atoms with Gasteiger partial charge in [-0.1, -0.05) is 22.0 Å². The van der Waals surface area contributed by atoms with E-state index in [1.165, 1.54) is 18.2 Å². The molecule has 2 aromatic carbocycles. The van der Waals surface area contributed by atoms with E-state index in [-0.39, 0.29) is 34.2 Å². The number of amides is 2. The molecule has 0 bridgehead atoms. The van der Waals surface area contributed by atoms with Crippen LogP contribution in [-0.2, 0) is 20.8 Å². The fraction of sp³-hybridized carbons (Fsp3) is 0.481. The van der Waals surface area contributed by atoms with Crippen LogP contribution in [0.4, 0.5) is 13.2 Å². The zero-order valence-electron chi connectivity index (χ0n) is 22.0. The number of halogens is 4. The maximum absolute atomic E-state index is 13.2. The monoisotopic (exact) mass is 631 g/mol. The Bertz CT molecular complexity index is 1270. The summed E-state index contributed by atoms with van der Waals surface area (Å²) in [6.45, 7) is 3.68. The lowest BCUT2D eigenvalue weighted by molar-refractivity contribution is -0.137. The van der Waals surface area contributed by atoms with E-state index < -0.39 is 46.0 Å². The molecular formula is C27H33BrF3N3O4S. The molecule has 0 heterocycles. The third-order valence-electron chi connectivity index (χ3n) is 7.16. The first-order valence-corrected chi connectivity index (χ1v) is 15.1. The van der Waals surface area contributed by atoms with Gasteiger partial charge in [0.25, 0.3) is 5.91 Å². The number of benzene rings is 2. The Hall–Kier alpha value is -2.44. The average molecular weight is 633 g/mol. The maximum Gasteiger partial charge on any atom is 0.416 e. The van der Waals surface area contributed by atoms with Crippen LogP contribution in [0.1, 0.15) is 49.0 Å². The summed E-state index contributed by atoms with van der Waals surface area (Å²) in [6.07, 6.45) is -2.73. The number of alkyl halides is 3. The summed E-state index contributed by atoms with van der Waals surface area (Å²) >= 11 is 3.31. The number of hydrogen-bond acceptors (Lipinski definition) is 5. The van der Waals surface area contributed by atoms with Crippen molar-refractivity contribution in [3.8, 4) is 0 Å². The van der Waals surface area contributed by atoms with Crippen LogP contribution in [0.5, 0.6) is 0 Å². The lowest BCUT2D eigenvalue weighted by Crippen LogP contribution is -2.52. The van der Waals surface area contributed by atoms with E-state index in [9.17, 15) is 31.2 Å². The molecule has 39 heavy (non-hydrogen) atoms. The van der Waals surface area contributed by atoms with Crippen molar-refractivity contribution >= 4 is 37.6 Å². The van der Waals surface area contributed by atoms with E-state index in [0.717, 1.165) is 29.1 Å². The van der Waals surface area contributed by atoms with Gasteiger partial charge in [0.2, 0.25) is 5.91 Å². The Morgan fingerprint density at radius 2 is 1.77 bits per heavy atom. The van der Waals surface area contributed by atoms with Crippen molar-refractivity contribution in [2.75, 3.05) is 19.3 Å². The van der Waals surface area contributed by atoms with E-state index in [1.807, 2.05) is 7.05 Å². The standard InChI is InChI=1S/C27H33BrF3N3O4S/c1-17(2)34(3)22-9-12-24(19(14-22)16-39(37,38)23-10-7-21(28)8-11-23)33-25(35)15-32-26(36)18-5-4-6-20(13-18)27(29,30)31/h4-8,10-11,13,17,19,22,24H,9,12,14-16H2,1-3H3,(H,32,36)(H,33,35)/t19-,22+,24-/m0/s1. The van der Waals surface area contributed by atoms with Crippen LogP contribution in [-0.4, -0.2) is 62.6 Å². The van der Waals surface area contributed by atoms with Crippen molar-refractivity contribution in [2.24, 2.45) is 5.92 Å². The van der Waals surface area contributed by atoms with Gasteiger partial charge in [-0.05, 0) is 88.5 Å². The quantitative estimate of drug-likeness (QED) is 0.420. The van der Waals surface area contributed by atoms with Gasteiger partial charge in [-0.2, -0.15) is 13.2 Å². The predicted octanol–water partition coefficient (Wildman–Crippen LogP) is 4.67. The van der Waals surface area contributed by atoms with E-state index in [0.29, 0.717) is 12.8 Å². The van der Waals surface area contributed by atoms with Crippen LogP contribution in [0.25, 0.3) is 0 Å². The molecule has 3 rings (SSSR count). The zero-order valence-corrected chi connectivity index (χ0v) is 24.4. The van der Waals surface area contributed by atoms with Crippen molar-refractivity contribution < 1.29 is 31.2 Å². The third kappa shape index (κ3) is 8.52. The fourth-order valence-corrected chi connectivity index (χ4v) is 6.72. The molecule has 0 aromatic heterocycles. The highest BCUT2D eigenvalue weighted by Crippen LogP contribution is 2.32. The third-order valence-corrected chi connectivity index (χ3v) is 9.55. The lowest BCUT2D eigenvalue weighted by Gasteiger charge is -2.41. The van der Waals surface area contributed by atoms with Crippen molar-refractivity contribution in [1.29, 1.82) is 0 Å². The average Bonchev–Trinajstić information content (AvgIpc) is 2.87. The Kier molecular flexibility index (Phi) is 10.2. The Morgan fingerprint density at radius 3 is 2.38 bits per heavy atom. The summed E-state index contributed by atoms with van der Waals surface area (Å²) in [5, 5.41) is 5.21. The molecule has 0 saturated heterocycles. The van der Waals surface area contributed by atoms with Crippen molar-refractivity contribution in [1.82, 2.24) is 15.5 Å². The van der Waals surface area contributed by atoms with Gasteiger partial charge >= 0.3 is 6.18 Å². The molecule has 12 heteroatoms. The van der Waals surface area contributed by atoms with Gasteiger partial charge in [-0.25, -0.2) is 8.42 Å². The van der Waals surface area contributed by atoms with Crippen molar-refractivity contribution in [3.63, 3.8) is 0 Å². The molecule has 2 aromatic rings. The highest BCUT2D eigenvalue weighted by Gasteiger charge is 2.37. The number of nitrogens with one attached hydrogen (secondary N) is 2. The van der Waals surface area contributed by atoms with Gasteiger partial charge in [0, 0.05) is 28.2 Å². The second kappa shape index (κ2) is 12.8. The second-order valence-corrected chi connectivity index (χ2v) is 13.1. The minimum Gasteiger partial charge on any atom is -0.352 e. The normalized spacial score (nSPS) is 20.2. The molecule has 7 nitrogen and oxygen atoms in total. The zero-order chi connectivity index (χ0) is 29.0. The number of carbonyl (C=O) groups is 2. The lowest BCUT2D eigenvalue weighted by atomic mass is 9.81. The minimum absolute atomic E-state index is 0.142. The van der Waals surface area contributed by atoms with Gasteiger partial charge < -0.3 is 15.5 Å². The van der Waals surface area contributed by atoms with Crippen LogP contribution in [0.3, 0.4) is 0 Å². The summed E-state index contributed by atoms with van der Waals surface area (Å²) in [6, 6.07) is 10.3. The second-order valence-electron chi connectivity index (χ2n) is 10.2. The van der Waals surface area contributed by atoms with Crippen molar-refractivity contribution in [2.45, 2.75) is 62.3 Å². The molecule has 1 fully saturated rings. The first-order chi connectivity index (χ1) is 18.2. The minimum atomic E-state index is -4.60. The molecule has 0 aliphatic heterocycles. The molecule has 2 N–H and O–H groups in total. The Morgan fingerprint density at radius 1 is 1.10 bits per heavy atom. The Balaban J connectivity index is 1.69. The van der Waals surface area contributed by atoms with Crippen LogP contribution >= 0.6 is 15.9 Å². The highest BCUT2D eigenvalue weighted by atomic mass is 79.9. The molecule has 1 saturated carbocycles. The van der Waals surface area contributed by atoms with E-state index in [2.05, 4.69) is 45.3 Å². The molecule has 0 spiro atoms. The fourth-order valence-electron chi connectivity index (χ4n) is 4.78. The number of hydrogen-bond donors (Lipinski definition) is 2. The molecule has 0 unspecified atom stereocenters. The number of carbonyl (C=O) groups excluding carboxylic acids is 2. The van der Waals surface area contributed by atoms with E-state index in [4.69, 9.17) is 0 Å². The van der Waals surface area contributed by atoms with Gasteiger partial charge in [0.15, 0.2) is 9.84 Å². The van der Waals surface area contributed by atoms with Gasteiger partial charge in [-0.15, -0.1) is 0 Å². The summed E-state index contributed by atoms with van der Waals surface area (Å²) in [4.78, 5) is 27.5. The largest absolute Gasteiger partial charge is 0.416 e. The van der Waals surface area contributed by atoms with Gasteiger partial charge in [0.05, 0.1) is 22.8 Å². The van der Waals surface area contributed by atoms with Crippen LogP contribution in [0, 0.1) is 5.92 Å². The van der Waals surface area contributed by atoms with Gasteiger partial charge in [-0.3, -0.25) is 9.59 Å². The van der Waals surface area contributed by atoms with E-state index >= 15 is 0 Å². The summed E-state index contributed by atoms with van der Waals surface area (Å²) in [5.41, 5.74) is -1.18. The topological polar surface area (TPSA) is 95.6 Å². The van der Waals surface area contributed by atoms with Crippen LogP contribution in [0.15, 0.2) is 57.9 Å². The summed E-state index contributed by atoms with van der Waals surface area (Å²) in [5.74, 6) is -1.88. The SMILES string of the molecule is CC(C)N(C)[C@@H]1CC[C@H](NC(=O)CNC(=O)c2cccc(C(F)(F)F)c2)[C@H](CS(=O)(=O)c2ccc(Br)cc2)C1. The summed E-state index contributed by atoms with van der Waals surface area (Å²) in [7, 11) is -1.65. The van der Waals surface area contributed by atoms with E-state index in [1.54, 1.807) is 12.1 Å². The smallest absolute Gasteiger partial charge is 0.352 e. The molecule has 2 amide bonds.